The molecule has 9 nitrogen and oxygen atoms in total. The van der Waals surface area contributed by atoms with Gasteiger partial charge in [0, 0.05) is 52.9 Å². The molecule has 0 radical (unpaired) electrons. The van der Waals surface area contributed by atoms with Gasteiger partial charge in [0.2, 0.25) is 0 Å². The highest BCUT2D eigenvalue weighted by Gasteiger charge is 2.19. The number of non-ortho nitro benzene ring substituents is 1. The fourth-order valence-corrected chi connectivity index (χ4v) is 5.41. The van der Waals surface area contributed by atoms with Crippen LogP contribution in [-0.2, 0) is 11.4 Å². The number of unbranched alkanes of at least 4 members (excludes halogenated alkanes) is 4. The van der Waals surface area contributed by atoms with Gasteiger partial charge in [-0.3, -0.25) is 15.0 Å². The Morgan fingerprint density at radius 1 is 1.05 bits per heavy atom. The van der Waals surface area contributed by atoms with E-state index < -0.39 is 6.09 Å². The van der Waals surface area contributed by atoms with Gasteiger partial charge in [0.05, 0.1) is 10.6 Å². The van der Waals surface area contributed by atoms with Crippen LogP contribution < -0.4 is 0 Å². The molecule has 0 saturated heterocycles. The van der Waals surface area contributed by atoms with Crippen molar-refractivity contribution >= 4 is 44.9 Å². The lowest BCUT2D eigenvalue weighted by atomic mass is 9.97. The van der Waals surface area contributed by atoms with Crippen molar-refractivity contribution < 1.29 is 14.6 Å². The highest BCUT2D eigenvalue weighted by Crippen LogP contribution is 2.35. The van der Waals surface area contributed by atoms with Crippen LogP contribution in [0.1, 0.15) is 84.1 Å². The quantitative estimate of drug-likeness (QED) is 0.0465. The molecule has 2 aromatic carbocycles. The van der Waals surface area contributed by atoms with Gasteiger partial charge in [-0.25, -0.2) is 14.3 Å². The molecule has 9 heteroatoms. The average molecular weight is 572 g/mol. The Hall–Kier alpha value is -4.27. The van der Waals surface area contributed by atoms with Crippen molar-refractivity contribution in [3.63, 3.8) is 0 Å². The van der Waals surface area contributed by atoms with Crippen LogP contribution in [0.3, 0.4) is 0 Å². The third kappa shape index (κ3) is 7.13. The molecule has 0 bridgehead atoms. The van der Waals surface area contributed by atoms with Crippen molar-refractivity contribution in [3.8, 4) is 0 Å². The van der Waals surface area contributed by atoms with E-state index in [0.717, 1.165) is 78.9 Å². The number of oxime groups is 1. The molecule has 2 aromatic heterocycles. The summed E-state index contributed by atoms with van der Waals surface area (Å²) in [5, 5.41) is 17.7. The van der Waals surface area contributed by atoms with E-state index in [4.69, 9.17) is 4.84 Å². The van der Waals surface area contributed by atoms with Crippen molar-refractivity contribution in [2.45, 2.75) is 85.1 Å². The molecule has 2 heterocycles. The lowest BCUT2D eigenvalue weighted by Crippen LogP contribution is -2.11. The van der Waals surface area contributed by atoms with Crippen LogP contribution in [0.4, 0.5) is 10.5 Å². The molecule has 0 saturated carbocycles. The molecule has 0 amide bonds. The first-order valence-electron chi connectivity index (χ1n) is 15.0. The lowest BCUT2D eigenvalue weighted by molar-refractivity contribution is -0.384. The topological polar surface area (TPSA) is 105 Å². The number of benzene rings is 2. The SMILES string of the molecule is C=C(/C(CCCCCC)=N/OC(=O)n1ccnc1)c1ccc2c(c1)c1cc([N+](=O)[O-])ccc1n2CC(CC)CCCC. The second-order valence-electron chi connectivity index (χ2n) is 10.9. The Morgan fingerprint density at radius 2 is 1.79 bits per heavy atom. The fraction of sp³-hybridized carbons (Fsp3) is 0.424. The van der Waals surface area contributed by atoms with E-state index in [1.807, 2.05) is 18.2 Å². The summed E-state index contributed by atoms with van der Waals surface area (Å²) in [6, 6.07) is 11.2. The van der Waals surface area contributed by atoms with E-state index in [2.05, 4.69) is 48.1 Å². The molecule has 1 unspecified atom stereocenters. The Labute approximate surface area is 247 Å². The van der Waals surface area contributed by atoms with Crippen molar-refractivity contribution in [2.24, 2.45) is 11.1 Å². The molecule has 0 aliphatic rings. The Kier molecular flexibility index (Phi) is 10.6. The van der Waals surface area contributed by atoms with Crippen LogP contribution in [0.2, 0.25) is 0 Å². The molecule has 222 valence electrons. The number of fused-ring (bicyclic) bond motifs is 3. The lowest BCUT2D eigenvalue weighted by Gasteiger charge is -2.17. The first-order chi connectivity index (χ1) is 20.4. The maximum absolute atomic E-state index is 12.4. The second-order valence-corrected chi connectivity index (χ2v) is 10.9. The largest absolute Gasteiger partial charge is 0.445 e. The average Bonchev–Trinajstić information content (AvgIpc) is 3.65. The zero-order chi connectivity index (χ0) is 30.1. The zero-order valence-electron chi connectivity index (χ0n) is 24.9. The summed E-state index contributed by atoms with van der Waals surface area (Å²) < 4.78 is 3.52. The van der Waals surface area contributed by atoms with Gasteiger partial charge in [0.1, 0.15) is 6.33 Å². The maximum Gasteiger partial charge on any atom is 0.445 e. The van der Waals surface area contributed by atoms with Crippen LogP contribution in [0, 0.1) is 16.0 Å². The van der Waals surface area contributed by atoms with Gasteiger partial charge in [0.15, 0.2) is 0 Å². The summed E-state index contributed by atoms with van der Waals surface area (Å²) in [4.78, 5) is 32.9. The van der Waals surface area contributed by atoms with Crippen molar-refractivity contribution in [1.29, 1.82) is 0 Å². The molecular weight excluding hydrogens is 530 g/mol. The van der Waals surface area contributed by atoms with Gasteiger partial charge in [-0.2, -0.15) is 0 Å². The summed E-state index contributed by atoms with van der Waals surface area (Å²) in [5.41, 5.74) is 4.17. The van der Waals surface area contributed by atoms with E-state index >= 15 is 0 Å². The number of carbonyl (C=O) groups excluding carboxylic acids is 1. The van der Waals surface area contributed by atoms with E-state index in [-0.39, 0.29) is 10.6 Å². The first-order valence-corrected chi connectivity index (χ1v) is 15.0. The van der Waals surface area contributed by atoms with Gasteiger partial charge in [-0.15, -0.1) is 0 Å². The highest BCUT2D eigenvalue weighted by atomic mass is 16.7. The van der Waals surface area contributed by atoms with Crippen LogP contribution in [0.25, 0.3) is 27.4 Å². The number of hydrogen-bond acceptors (Lipinski definition) is 6. The third-order valence-electron chi connectivity index (χ3n) is 7.96. The monoisotopic (exact) mass is 571 g/mol. The number of imidazole rings is 1. The van der Waals surface area contributed by atoms with E-state index in [9.17, 15) is 14.9 Å². The summed E-state index contributed by atoms with van der Waals surface area (Å²) in [6.07, 6.45) is 13.0. The minimum Gasteiger partial charge on any atom is -0.340 e. The standard InChI is InChI=1S/C33H41N5O4/c1-5-8-10-11-13-30(35-42-33(39)36-19-18-34-23-36)24(4)26-14-16-31-28(20-26)29-21-27(38(40)41)15-17-32(29)37(31)22-25(7-3)12-9-6-2/h14-21,23,25H,4-13,22H2,1-3H3/b35-30+. The van der Waals surface area contributed by atoms with Gasteiger partial charge in [-0.05, 0) is 54.5 Å². The number of aromatic nitrogens is 3. The summed E-state index contributed by atoms with van der Waals surface area (Å²) >= 11 is 0. The van der Waals surface area contributed by atoms with E-state index in [1.165, 1.54) is 29.7 Å². The predicted molar refractivity (Wildman–Crippen MR) is 169 cm³/mol. The first kappa shape index (κ1) is 30.7. The maximum atomic E-state index is 12.4. The summed E-state index contributed by atoms with van der Waals surface area (Å²) in [6.45, 7) is 11.8. The normalized spacial score (nSPS) is 12.6. The second kappa shape index (κ2) is 14.6. The van der Waals surface area contributed by atoms with Crippen LogP contribution in [-0.4, -0.2) is 30.8 Å². The molecule has 0 fully saturated rings. The molecule has 0 aliphatic carbocycles. The summed E-state index contributed by atoms with van der Waals surface area (Å²) in [7, 11) is 0. The molecule has 4 rings (SSSR count). The van der Waals surface area contributed by atoms with Crippen LogP contribution in [0.15, 0.2) is 66.9 Å². The summed E-state index contributed by atoms with van der Waals surface area (Å²) in [5.74, 6) is 0.514. The fourth-order valence-electron chi connectivity index (χ4n) is 5.41. The van der Waals surface area contributed by atoms with Gasteiger partial charge < -0.3 is 4.57 Å². The molecule has 1 atom stereocenters. The zero-order valence-corrected chi connectivity index (χ0v) is 24.9. The minimum atomic E-state index is -0.647. The van der Waals surface area contributed by atoms with Gasteiger partial charge in [-0.1, -0.05) is 77.1 Å². The number of carbonyl (C=O) groups is 1. The van der Waals surface area contributed by atoms with Gasteiger partial charge >= 0.3 is 6.09 Å². The number of nitro benzene ring substituents is 1. The molecular formula is C33H41N5O4. The Bertz CT molecular complexity index is 1570. The Balaban J connectivity index is 1.74. The molecule has 0 N–H and O–H groups in total. The van der Waals surface area contributed by atoms with E-state index in [0.29, 0.717) is 23.6 Å². The number of hydrogen-bond donors (Lipinski definition) is 0. The van der Waals surface area contributed by atoms with Gasteiger partial charge in [0.25, 0.3) is 5.69 Å². The number of allylic oxidation sites excluding steroid dienone is 1. The number of nitro groups is 1. The third-order valence-corrected chi connectivity index (χ3v) is 7.96. The van der Waals surface area contributed by atoms with Crippen molar-refractivity contribution in [1.82, 2.24) is 14.1 Å². The molecule has 0 aliphatic heterocycles. The van der Waals surface area contributed by atoms with Crippen molar-refractivity contribution in [2.75, 3.05) is 0 Å². The van der Waals surface area contributed by atoms with Crippen molar-refractivity contribution in [3.05, 3.63) is 77.4 Å². The Morgan fingerprint density at radius 3 is 2.45 bits per heavy atom. The predicted octanol–water partition coefficient (Wildman–Crippen LogP) is 9.14. The molecule has 42 heavy (non-hydrogen) atoms. The molecule has 0 spiro atoms. The molecule has 4 aromatic rings. The number of nitrogens with zero attached hydrogens (tertiary/aromatic N) is 5. The smallest absolute Gasteiger partial charge is 0.340 e. The van der Waals surface area contributed by atoms with E-state index in [1.54, 1.807) is 12.1 Å². The highest BCUT2D eigenvalue weighted by molar-refractivity contribution is 6.24. The minimum absolute atomic E-state index is 0.0633. The number of rotatable bonds is 15. The van der Waals surface area contributed by atoms with Crippen LogP contribution in [0.5, 0.6) is 0 Å². The van der Waals surface area contributed by atoms with Crippen LogP contribution >= 0.6 is 0 Å².